The molecule has 1 fully saturated rings. The van der Waals surface area contributed by atoms with Crippen LogP contribution in [0.3, 0.4) is 0 Å². The second-order valence-corrected chi connectivity index (χ2v) is 3.88. The van der Waals surface area contributed by atoms with E-state index < -0.39 is 4.92 Å². The third kappa shape index (κ3) is 1.58. The number of hydrogen-bond acceptors (Lipinski definition) is 3. The van der Waals surface area contributed by atoms with Crippen molar-refractivity contribution in [1.82, 2.24) is 0 Å². The van der Waals surface area contributed by atoms with E-state index in [9.17, 15) is 10.1 Å². The van der Waals surface area contributed by atoms with Crippen molar-refractivity contribution < 1.29 is 4.92 Å². The lowest BCUT2D eigenvalue weighted by Crippen LogP contribution is -2.01. The summed E-state index contributed by atoms with van der Waals surface area (Å²) >= 11 is 5.76. The van der Waals surface area contributed by atoms with Crippen LogP contribution < -0.4 is 5.73 Å². The van der Waals surface area contributed by atoms with Crippen LogP contribution >= 0.6 is 11.6 Å². The van der Waals surface area contributed by atoms with E-state index in [2.05, 4.69) is 0 Å². The smallest absolute Gasteiger partial charge is 0.287 e. The first-order valence-corrected chi connectivity index (χ1v) is 4.67. The van der Waals surface area contributed by atoms with Crippen LogP contribution in [-0.2, 0) is 0 Å². The molecule has 0 aromatic heterocycles. The summed E-state index contributed by atoms with van der Waals surface area (Å²) in [7, 11) is 0. The molecule has 1 aromatic rings. The average molecular weight is 213 g/mol. The Balaban J connectivity index is 2.31. The maximum absolute atomic E-state index is 10.5. The first kappa shape index (κ1) is 9.43. The molecule has 1 aliphatic carbocycles. The highest BCUT2D eigenvalue weighted by molar-refractivity contribution is 6.32. The van der Waals surface area contributed by atoms with Crippen molar-refractivity contribution in [3.05, 3.63) is 38.9 Å². The van der Waals surface area contributed by atoms with Crippen LogP contribution in [0.2, 0.25) is 5.02 Å². The predicted molar refractivity (Wildman–Crippen MR) is 53.4 cm³/mol. The van der Waals surface area contributed by atoms with Crippen molar-refractivity contribution in [3.63, 3.8) is 0 Å². The van der Waals surface area contributed by atoms with Crippen molar-refractivity contribution >= 4 is 17.3 Å². The highest BCUT2D eigenvalue weighted by Crippen LogP contribution is 2.41. The maximum Gasteiger partial charge on any atom is 0.287 e. The monoisotopic (exact) mass is 212 g/mol. The van der Waals surface area contributed by atoms with Crippen LogP contribution in [0.4, 0.5) is 5.69 Å². The fraction of sp³-hybridized carbons (Fsp3) is 0.333. The van der Waals surface area contributed by atoms with Crippen LogP contribution in [-0.4, -0.2) is 11.0 Å². The van der Waals surface area contributed by atoms with Gasteiger partial charge in [-0.05, 0) is 18.1 Å². The van der Waals surface area contributed by atoms with Crippen LogP contribution in [0.15, 0.2) is 18.2 Å². The van der Waals surface area contributed by atoms with Gasteiger partial charge < -0.3 is 5.73 Å². The summed E-state index contributed by atoms with van der Waals surface area (Å²) in [6.07, 6.45) is 0.939. The first-order chi connectivity index (χ1) is 6.59. The molecule has 0 saturated heterocycles. The van der Waals surface area contributed by atoms with Gasteiger partial charge in [-0.15, -0.1) is 0 Å². The SMILES string of the molecule is N[C@@H]1C[C@H]1c1ccc([N+](=O)[O-])c(Cl)c1. The van der Waals surface area contributed by atoms with Gasteiger partial charge in [-0.3, -0.25) is 10.1 Å². The molecule has 0 aliphatic heterocycles. The van der Waals surface area contributed by atoms with Crippen LogP contribution in [0.1, 0.15) is 17.9 Å². The van der Waals surface area contributed by atoms with E-state index in [0.717, 1.165) is 12.0 Å². The first-order valence-electron chi connectivity index (χ1n) is 4.29. The predicted octanol–water partition coefficient (Wildman–Crippen LogP) is 2.06. The molecule has 1 aromatic carbocycles. The topological polar surface area (TPSA) is 69.2 Å². The lowest BCUT2D eigenvalue weighted by atomic mass is 10.1. The van der Waals surface area contributed by atoms with Gasteiger partial charge in [0.05, 0.1) is 4.92 Å². The third-order valence-corrected chi connectivity index (χ3v) is 2.74. The fourth-order valence-electron chi connectivity index (χ4n) is 1.50. The van der Waals surface area contributed by atoms with Gasteiger partial charge in [0.25, 0.3) is 5.69 Å². The molecule has 0 spiro atoms. The highest BCUT2D eigenvalue weighted by atomic mass is 35.5. The third-order valence-electron chi connectivity index (χ3n) is 2.44. The summed E-state index contributed by atoms with van der Waals surface area (Å²) in [6.45, 7) is 0. The second-order valence-electron chi connectivity index (χ2n) is 3.47. The molecule has 0 heterocycles. The Morgan fingerprint density at radius 2 is 2.21 bits per heavy atom. The molecule has 2 rings (SSSR count). The van der Waals surface area contributed by atoms with Gasteiger partial charge in [0, 0.05) is 18.0 Å². The minimum atomic E-state index is -0.487. The van der Waals surface area contributed by atoms with E-state index in [-0.39, 0.29) is 16.8 Å². The molecule has 4 nitrogen and oxygen atoms in total. The number of hydrogen-bond donors (Lipinski definition) is 1. The van der Waals surface area contributed by atoms with Crippen LogP contribution in [0.5, 0.6) is 0 Å². The maximum atomic E-state index is 10.5. The van der Waals surface area contributed by atoms with Gasteiger partial charge in [-0.1, -0.05) is 17.7 Å². The zero-order valence-corrected chi connectivity index (χ0v) is 8.07. The molecule has 0 unspecified atom stereocenters. The standard InChI is InChI=1S/C9H9ClN2O2/c10-7-3-5(6-4-8(6)11)1-2-9(7)12(13)14/h1-3,6,8H,4,11H2/t6-,8+/m0/s1. The molecular weight excluding hydrogens is 204 g/mol. The molecule has 5 heteroatoms. The summed E-state index contributed by atoms with van der Waals surface area (Å²) in [5.74, 6) is 0.327. The van der Waals surface area contributed by atoms with Gasteiger partial charge in [0.2, 0.25) is 0 Å². The highest BCUT2D eigenvalue weighted by Gasteiger charge is 2.35. The average Bonchev–Trinajstić information content (AvgIpc) is 2.81. The number of nitrogens with two attached hydrogens (primary N) is 1. The molecule has 14 heavy (non-hydrogen) atoms. The van der Waals surface area contributed by atoms with Crippen molar-refractivity contribution in [2.75, 3.05) is 0 Å². The number of nitro benzene ring substituents is 1. The number of benzene rings is 1. The molecule has 0 amide bonds. The van der Waals surface area contributed by atoms with Crippen LogP contribution in [0, 0.1) is 10.1 Å². The molecule has 0 bridgehead atoms. The summed E-state index contributed by atoms with van der Waals surface area (Å²) in [6, 6.07) is 4.98. The summed E-state index contributed by atoms with van der Waals surface area (Å²) in [5.41, 5.74) is 6.61. The van der Waals surface area contributed by atoms with E-state index in [1.165, 1.54) is 6.07 Å². The zero-order chi connectivity index (χ0) is 10.3. The Bertz CT molecular complexity index is 394. The van der Waals surface area contributed by atoms with E-state index in [1.807, 2.05) is 0 Å². The number of nitro groups is 1. The zero-order valence-electron chi connectivity index (χ0n) is 7.31. The second kappa shape index (κ2) is 3.22. The van der Waals surface area contributed by atoms with Gasteiger partial charge >= 0.3 is 0 Å². The Hall–Kier alpha value is -1.13. The van der Waals surface area contributed by atoms with E-state index in [1.54, 1.807) is 12.1 Å². The minimum absolute atomic E-state index is 0.0513. The van der Waals surface area contributed by atoms with Crippen molar-refractivity contribution in [2.24, 2.45) is 5.73 Å². The Kier molecular flexibility index (Phi) is 2.17. The van der Waals surface area contributed by atoms with Crippen molar-refractivity contribution in [1.29, 1.82) is 0 Å². The molecule has 2 N–H and O–H groups in total. The van der Waals surface area contributed by atoms with Crippen molar-refractivity contribution in [3.8, 4) is 0 Å². The van der Waals surface area contributed by atoms with E-state index in [4.69, 9.17) is 17.3 Å². The Morgan fingerprint density at radius 3 is 2.64 bits per heavy atom. The number of nitrogens with zero attached hydrogens (tertiary/aromatic N) is 1. The van der Waals surface area contributed by atoms with Crippen LogP contribution in [0.25, 0.3) is 0 Å². The Morgan fingerprint density at radius 1 is 1.57 bits per heavy atom. The quantitative estimate of drug-likeness (QED) is 0.603. The summed E-state index contributed by atoms with van der Waals surface area (Å²) in [4.78, 5) is 9.99. The van der Waals surface area contributed by atoms with E-state index in [0.29, 0.717) is 5.92 Å². The van der Waals surface area contributed by atoms with Gasteiger partial charge in [0.1, 0.15) is 5.02 Å². The molecular formula is C9H9ClN2O2. The number of halogens is 1. The molecule has 1 aliphatic rings. The molecule has 74 valence electrons. The molecule has 2 atom stereocenters. The largest absolute Gasteiger partial charge is 0.327 e. The normalized spacial score (nSPS) is 24.7. The van der Waals surface area contributed by atoms with Gasteiger partial charge in [0.15, 0.2) is 0 Å². The van der Waals surface area contributed by atoms with Gasteiger partial charge in [-0.2, -0.15) is 0 Å². The molecule has 1 saturated carbocycles. The summed E-state index contributed by atoms with van der Waals surface area (Å²) in [5, 5.41) is 10.7. The minimum Gasteiger partial charge on any atom is -0.327 e. The Labute approximate surface area is 85.8 Å². The summed E-state index contributed by atoms with van der Waals surface area (Å²) < 4.78 is 0. The lowest BCUT2D eigenvalue weighted by Gasteiger charge is -2.00. The van der Waals surface area contributed by atoms with E-state index >= 15 is 0 Å². The lowest BCUT2D eigenvalue weighted by molar-refractivity contribution is -0.384. The van der Waals surface area contributed by atoms with Crippen molar-refractivity contribution in [2.45, 2.75) is 18.4 Å². The van der Waals surface area contributed by atoms with Gasteiger partial charge in [-0.25, -0.2) is 0 Å². The fourth-order valence-corrected chi connectivity index (χ4v) is 1.76. The number of rotatable bonds is 2. The molecule has 0 radical (unpaired) electrons.